The van der Waals surface area contributed by atoms with Gasteiger partial charge in [0, 0.05) is 111 Å². The van der Waals surface area contributed by atoms with Crippen molar-refractivity contribution in [3.63, 3.8) is 0 Å². The molecule has 0 unspecified atom stereocenters. The molecule has 3 fully saturated rings. The molecule has 6 heterocycles. The molecule has 758 valence electrons. The Morgan fingerprint density at radius 3 is 0.882 bits per heavy atom. The number of aryl methyl sites for hydroxylation is 3. The van der Waals surface area contributed by atoms with Gasteiger partial charge in [0.15, 0.2) is 17.3 Å². The summed E-state index contributed by atoms with van der Waals surface area (Å²) in [5.74, 6) is 10.7. The number of ether oxygens (including phenoxy) is 5. The number of anilines is 3. The number of hydrogen-bond acceptors (Lipinski definition) is 25. The van der Waals surface area contributed by atoms with E-state index in [1.807, 2.05) is 186 Å². The first-order valence-corrected chi connectivity index (χ1v) is 52.1. The Kier molecular flexibility index (Phi) is 43.8. The number of sulfonamides is 2. The fourth-order valence-corrected chi connectivity index (χ4v) is 17.9. The van der Waals surface area contributed by atoms with Gasteiger partial charge in [0.05, 0.1) is 32.0 Å². The summed E-state index contributed by atoms with van der Waals surface area (Å²) in [6, 6.07) is 66.6. The monoisotopic (exact) mass is 2100 g/mol. The molecule has 31 nitrogen and oxygen atoms in total. The number of amides is 3. The maximum absolute atomic E-state index is 12.9. The van der Waals surface area contributed by atoms with E-state index in [1.54, 1.807) is 115 Å². The Hall–Kier alpha value is -12.6. The topological polar surface area (TPSA) is 434 Å². The van der Waals surface area contributed by atoms with Crippen molar-refractivity contribution in [3.05, 3.63) is 284 Å². The Bertz CT molecular complexity index is 6890. The number of carbonyl (C=O) groups is 6. The molecule has 3 aliphatic heterocycles. The van der Waals surface area contributed by atoms with Crippen LogP contribution in [0.1, 0.15) is 151 Å². The van der Waals surface area contributed by atoms with Crippen molar-refractivity contribution in [1.29, 1.82) is 0 Å². The number of aromatic nitrogens is 3. The van der Waals surface area contributed by atoms with E-state index in [2.05, 4.69) is 71.1 Å². The smallest absolute Gasteiger partial charge is 0.870 e. The van der Waals surface area contributed by atoms with Crippen LogP contribution < -0.4 is 40.1 Å². The quantitative estimate of drug-likeness (QED) is 0.0117. The molecular formula is C105H114Cl4LiN9O22S3. The van der Waals surface area contributed by atoms with Gasteiger partial charge in [-0.25, -0.2) is 39.6 Å². The number of nitrogens with zero attached hydrogens (tertiary/aromatic N) is 5. The zero-order chi connectivity index (χ0) is 103. The number of carboxylic acid groups (broad SMARTS) is 1. The predicted octanol–water partition coefficient (Wildman–Crippen LogP) is 19.4. The van der Waals surface area contributed by atoms with E-state index in [1.165, 1.54) is 4.31 Å². The Morgan fingerprint density at radius 1 is 0.424 bits per heavy atom. The molecule has 0 saturated carbocycles. The third-order valence-electron chi connectivity index (χ3n) is 22.9. The van der Waals surface area contributed by atoms with Gasteiger partial charge in [-0.3, -0.25) is 30.3 Å². The molecule has 3 saturated heterocycles. The van der Waals surface area contributed by atoms with Crippen molar-refractivity contribution in [3.8, 4) is 91.0 Å². The first-order valence-electron chi connectivity index (χ1n) is 44.5. The first-order chi connectivity index (χ1) is 67.0. The third-order valence-corrected chi connectivity index (χ3v) is 26.4. The summed E-state index contributed by atoms with van der Waals surface area (Å²) in [6.45, 7) is 23.3. The largest absolute Gasteiger partial charge is 1.00 e. The number of aliphatic carboxylic acids is 1. The molecule has 6 N–H and O–H groups in total. The molecule has 3 atom stereocenters. The summed E-state index contributed by atoms with van der Waals surface area (Å²) < 4.78 is 113. The van der Waals surface area contributed by atoms with Crippen molar-refractivity contribution < 1.29 is 121 Å². The van der Waals surface area contributed by atoms with E-state index >= 15 is 0 Å². The summed E-state index contributed by atoms with van der Waals surface area (Å²) >= 11 is 18.7. The van der Waals surface area contributed by atoms with Gasteiger partial charge in [-0.05, 0) is 138 Å². The Balaban J connectivity index is 0.000000270. The molecule has 0 bridgehead atoms. The molecule has 9 aromatic carbocycles. The summed E-state index contributed by atoms with van der Waals surface area (Å²) in [4.78, 5) is 75.7. The number of benzene rings is 9. The van der Waals surface area contributed by atoms with Crippen LogP contribution in [0.25, 0.3) is 67.4 Å². The van der Waals surface area contributed by atoms with Crippen molar-refractivity contribution in [2.24, 2.45) is 0 Å². The second kappa shape index (κ2) is 53.3. The van der Waals surface area contributed by atoms with Gasteiger partial charge in [0.25, 0.3) is 0 Å². The van der Waals surface area contributed by atoms with Gasteiger partial charge in [-0.15, -0.1) is 23.7 Å². The van der Waals surface area contributed by atoms with E-state index in [4.69, 9.17) is 72.1 Å². The third kappa shape index (κ3) is 30.3. The fraction of sp³-hybridized carbons (Fsp3) is 0.305. The van der Waals surface area contributed by atoms with Gasteiger partial charge in [-0.2, -0.15) is 8.61 Å². The van der Waals surface area contributed by atoms with Crippen molar-refractivity contribution in [2.45, 2.75) is 138 Å². The number of halogens is 4. The van der Waals surface area contributed by atoms with Crippen LogP contribution in [0.2, 0.25) is 15.1 Å². The Morgan fingerprint density at radius 2 is 0.660 bits per heavy atom. The van der Waals surface area contributed by atoms with E-state index in [0.29, 0.717) is 125 Å². The molecule has 12 aromatic rings. The van der Waals surface area contributed by atoms with Crippen LogP contribution in [0.4, 0.5) is 31.4 Å². The maximum Gasteiger partial charge on any atom is 1.00 e. The van der Waals surface area contributed by atoms with Gasteiger partial charge in [0.1, 0.15) is 68.7 Å². The van der Waals surface area contributed by atoms with Crippen molar-refractivity contribution >= 4 is 128 Å². The maximum atomic E-state index is 12.9. The van der Waals surface area contributed by atoms with Crippen LogP contribution in [-0.4, -0.2) is 167 Å². The van der Waals surface area contributed by atoms with Crippen LogP contribution in [-0.2, 0) is 83.4 Å². The average molecular weight is 2100 g/mol. The molecule has 3 aromatic heterocycles. The van der Waals surface area contributed by atoms with Gasteiger partial charge >= 0.3 is 55.0 Å². The zero-order valence-corrected chi connectivity index (χ0v) is 87.1. The van der Waals surface area contributed by atoms with Crippen molar-refractivity contribution in [1.82, 2.24) is 29.4 Å². The second-order valence-corrected chi connectivity index (χ2v) is 41.1. The second-order valence-electron chi connectivity index (χ2n) is 32.9. The molecule has 3 amide bonds. The van der Waals surface area contributed by atoms with E-state index in [0.717, 1.165) is 80.4 Å². The van der Waals surface area contributed by atoms with E-state index < -0.39 is 93.9 Å². The summed E-state index contributed by atoms with van der Waals surface area (Å²) in [6.07, 6.45) is 1.39. The van der Waals surface area contributed by atoms with Crippen LogP contribution in [0.5, 0.6) is 0 Å². The Labute approximate surface area is 871 Å². The molecule has 0 aliphatic carbocycles. The van der Waals surface area contributed by atoms with Gasteiger partial charge in [0.2, 0.25) is 29.1 Å². The van der Waals surface area contributed by atoms with E-state index in [-0.39, 0.29) is 70.5 Å². The van der Waals surface area contributed by atoms with Crippen LogP contribution in [0, 0.1) is 44.5 Å². The molecular weight excluding hydrogens is 1980 g/mol. The zero-order valence-electron chi connectivity index (χ0n) is 81.6. The minimum atomic E-state index is -3.46. The number of nitrogens with one attached hydrogen (secondary N) is 4. The van der Waals surface area contributed by atoms with E-state index in [9.17, 15) is 59.1 Å². The normalized spacial score (nSPS) is 14.0. The number of carboxylic acids is 1. The fourth-order valence-electron chi connectivity index (χ4n) is 15.2. The van der Waals surface area contributed by atoms with Gasteiger partial charge < -0.3 is 53.2 Å². The number of esters is 2. The minimum absolute atomic E-state index is 0. The molecule has 144 heavy (non-hydrogen) atoms. The standard InChI is InChI=1S/C32H32ClN3O7S.C31H30ClN3O5.C30H28ClN3O7S.2C5H8.CH3ClO2S.CH4.Li.H2O/c1-5-41-30(37)32(18-36(19-32)44(4,39)40)25-16-14-23(15-17-25)22-10-12-24(13-11-22)29-28(20(2)35-43-29)34-31(38)42-21(3)26-8-6-7-9-27(26)33;1-4-38-29(36)31(17-33-18-31)24-15-13-22(14-16-24)21-9-11-23(12-10-21)28-27(19(2)35-40-28)34-30(37)39-20(3)25-7-5-6-8-26(25)32;1-18-26(32-29(37)40-19(2)24-6-4-5-7-25(24)31)27(41-33-18)22-10-8-20(9-11-22)21-12-14-23(15-13-21)30(28(35)36)16-34(17-30)42(3,38)39;2*1-3-5-4-2;1-5(2,3)4;;;/h6-17,21H,5,18-19H2,1-4H3,(H,34,38);5-16,20,33H,4,17-18H2,1-3H3,(H,34,37);4-15,19H,16-17H2,1-3H3,(H,32,37)(H,35,36);2*3H2,1-2H3;1H3;1H4;;1H2/q;;;;;;;+1;/p-1/t21-;20-;19-;;;;;;/m111....../s1. The van der Waals surface area contributed by atoms with Crippen molar-refractivity contribution in [2.75, 3.05) is 87.2 Å². The summed E-state index contributed by atoms with van der Waals surface area (Å²) in [7, 11) is -5.57. The molecule has 15 rings (SSSR count). The minimum Gasteiger partial charge on any atom is -0.870 e. The molecule has 39 heteroatoms. The van der Waals surface area contributed by atoms with Crippen LogP contribution >= 0.6 is 45.5 Å². The predicted molar refractivity (Wildman–Crippen MR) is 555 cm³/mol. The first kappa shape index (κ1) is 118. The SMILES string of the molecule is C.CC#CCC.CC#CCC.CCOC(=O)C1(c2ccc(-c3ccc(-c4onc(C)c4NC(=O)O[C@H](C)c4ccccc4Cl)cc3)cc2)CN(S(C)(=O)=O)C1.CCOC(=O)C1(c2ccc(-c3ccc(-c4onc(C)c4NC(=O)O[C@H](C)c4ccccc4Cl)cc3)cc2)CNC1.CS(=O)(=O)Cl.Cc1noc(-c2ccc(-c3ccc(C4(C(=O)O)CN(S(C)(=O)=O)C4)cc3)cc2)c1NC(=O)O[C@H](C)c1ccccc1Cl.[Li+].[OH-]. The number of carbonyl (C=O) groups excluding carboxylic acids is 5. The van der Waals surface area contributed by atoms with Crippen LogP contribution in [0.15, 0.2) is 232 Å². The summed E-state index contributed by atoms with van der Waals surface area (Å²) in [5, 5.41) is 34.9. The van der Waals surface area contributed by atoms with Gasteiger partial charge in [-0.1, -0.05) is 272 Å². The van der Waals surface area contributed by atoms with Crippen LogP contribution in [0.3, 0.4) is 0 Å². The molecule has 3 aliphatic rings. The number of rotatable bonds is 25. The average Bonchev–Trinajstić information content (AvgIpc) is 0.798. The number of hydrogen-bond donors (Lipinski definition) is 5. The molecule has 0 radical (unpaired) electrons. The summed E-state index contributed by atoms with van der Waals surface area (Å²) in [5.41, 5.74) is 11.6. The molecule has 0 spiro atoms.